The van der Waals surface area contributed by atoms with Crippen LogP contribution in [-0.4, -0.2) is 47.0 Å². The van der Waals surface area contributed by atoms with Crippen molar-refractivity contribution in [3.63, 3.8) is 0 Å². The summed E-state index contributed by atoms with van der Waals surface area (Å²) in [4.78, 5) is 38.4. The first-order chi connectivity index (χ1) is 14.9. The molecular weight excluding hydrogens is 424 g/mol. The fourth-order valence-corrected chi connectivity index (χ4v) is 3.84. The maximum Gasteiger partial charge on any atom is 0.294 e. The Balaban J connectivity index is 1.44. The number of carbonyl (C=O) groups is 3. The molecule has 2 aromatic carbocycles. The number of ether oxygens (including phenoxy) is 3. The lowest BCUT2D eigenvalue weighted by atomic mass is 10.2. The zero-order valence-corrected chi connectivity index (χ0v) is 17.2. The van der Waals surface area contributed by atoms with Crippen LogP contribution in [0.3, 0.4) is 0 Å². The predicted octanol–water partition coefficient (Wildman–Crippen LogP) is 3.19. The van der Waals surface area contributed by atoms with E-state index in [-0.39, 0.29) is 23.2 Å². The highest BCUT2D eigenvalue weighted by Crippen LogP contribution is 2.35. The van der Waals surface area contributed by atoms with E-state index in [1.54, 1.807) is 37.3 Å². The van der Waals surface area contributed by atoms with Gasteiger partial charge in [0.2, 0.25) is 12.7 Å². The Morgan fingerprint density at radius 1 is 1.23 bits per heavy atom. The number of amides is 3. The van der Waals surface area contributed by atoms with Crippen LogP contribution in [-0.2, 0) is 9.59 Å². The third kappa shape index (κ3) is 4.43. The van der Waals surface area contributed by atoms with Crippen LogP contribution in [0.4, 0.5) is 10.5 Å². The molecule has 10 heteroatoms. The summed E-state index contributed by atoms with van der Waals surface area (Å²) < 4.78 is 15.8. The first-order valence-corrected chi connectivity index (χ1v) is 10.2. The number of nitrogens with zero attached hydrogens (tertiary/aromatic N) is 1. The maximum absolute atomic E-state index is 12.7. The molecule has 0 bridgehead atoms. The van der Waals surface area contributed by atoms with Gasteiger partial charge >= 0.3 is 0 Å². The van der Waals surface area contributed by atoms with E-state index < -0.39 is 23.6 Å². The third-order valence-electron chi connectivity index (χ3n) is 4.41. The molecule has 0 atom stereocenters. The van der Waals surface area contributed by atoms with Crippen molar-refractivity contribution in [2.75, 3.05) is 25.3 Å². The number of anilines is 1. The molecule has 2 N–H and O–H groups in total. The monoisotopic (exact) mass is 442 g/mol. The molecule has 0 unspecified atom stereocenters. The van der Waals surface area contributed by atoms with Crippen LogP contribution in [0.25, 0.3) is 6.08 Å². The lowest BCUT2D eigenvalue weighted by Crippen LogP contribution is -2.36. The average Bonchev–Trinajstić information content (AvgIpc) is 3.30. The molecule has 160 valence electrons. The highest BCUT2D eigenvalue weighted by molar-refractivity contribution is 8.18. The summed E-state index contributed by atoms with van der Waals surface area (Å²) in [6.45, 7) is 1.84. The van der Waals surface area contributed by atoms with Crippen molar-refractivity contribution in [3.8, 4) is 23.0 Å². The quantitative estimate of drug-likeness (QED) is 0.656. The zero-order valence-electron chi connectivity index (χ0n) is 16.4. The minimum Gasteiger partial charge on any atom is -0.504 e. The number of rotatable bonds is 6. The molecule has 9 nitrogen and oxygen atoms in total. The molecule has 1 saturated heterocycles. The number of nitrogens with one attached hydrogen (secondary N) is 1. The first kappa shape index (κ1) is 20.6. The number of carbonyl (C=O) groups excluding carboxylic acids is 3. The van der Waals surface area contributed by atoms with E-state index >= 15 is 0 Å². The minimum atomic E-state index is -0.568. The van der Waals surface area contributed by atoms with Gasteiger partial charge in [-0.3, -0.25) is 19.3 Å². The normalized spacial score (nSPS) is 16.2. The maximum atomic E-state index is 12.7. The topological polar surface area (TPSA) is 114 Å². The van der Waals surface area contributed by atoms with Crippen LogP contribution in [0.5, 0.6) is 23.0 Å². The lowest BCUT2D eigenvalue weighted by Gasteiger charge is -2.12. The van der Waals surface area contributed by atoms with Crippen LogP contribution < -0.4 is 19.5 Å². The highest BCUT2D eigenvalue weighted by atomic mass is 32.2. The molecule has 0 spiro atoms. The molecule has 2 aliphatic heterocycles. The van der Waals surface area contributed by atoms with Crippen molar-refractivity contribution in [1.82, 2.24) is 4.90 Å². The second-order valence-corrected chi connectivity index (χ2v) is 7.54. The van der Waals surface area contributed by atoms with Gasteiger partial charge in [-0.1, -0.05) is 6.07 Å². The number of imide groups is 1. The number of benzene rings is 2. The van der Waals surface area contributed by atoms with Gasteiger partial charge in [0.1, 0.15) is 6.54 Å². The SMILES string of the molecule is CCOc1cc(/C=C2/SC(=O)N(CC(=O)Nc3ccc4c(c3)OCO4)C2=O)ccc1O. The van der Waals surface area contributed by atoms with Gasteiger partial charge in [-0.25, -0.2) is 0 Å². The molecule has 0 saturated carbocycles. The number of hydrogen-bond acceptors (Lipinski definition) is 8. The van der Waals surface area contributed by atoms with Crippen LogP contribution >= 0.6 is 11.8 Å². The number of fused-ring (bicyclic) bond motifs is 1. The third-order valence-corrected chi connectivity index (χ3v) is 5.32. The van der Waals surface area contributed by atoms with E-state index in [2.05, 4.69) is 5.32 Å². The van der Waals surface area contributed by atoms with E-state index in [9.17, 15) is 19.5 Å². The van der Waals surface area contributed by atoms with E-state index in [4.69, 9.17) is 14.2 Å². The van der Waals surface area contributed by atoms with Crippen molar-refractivity contribution in [2.24, 2.45) is 0 Å². The van der Waals surface area contributed by atoms with Gasteiger partial charge in [-0.2, -0.15) is 0 Å². The van der Waals surface area contributed by atoms with Crippen molar-refractivity contribution >= 4 is 40.6 Å². The summed E-state index contributed by atoms with van der Waals surface area (Å²) >= 11 is 0.743. The largest absolute Gasteiger partial charge is 0.504 e. The number of hydrogen-bond donors (Lipinski definition) is 2. The second-order valence-electron chi connectivity index (χ2n) is 6.54. The summed E-state index contributed by atoms with van der Waals surface area (Å²) in [7, 11) is 0. The molecule has 0 aromatic heterocycles. The molecule has 1 fully saturated rings. The highest BCUT2D eigenvalue weighted by Gasteiger charge is 2.36. The Hall–Kier alpha value is -3.66. The Kier molecular flexibility index (Phi) is 5.72. The van der Waals surface area contributed by atoms with Crippen LogP contribution in [0.2, 0.25) is 0 Å². The molecular formula is C21H18N2O7S. The summed E-state index contributed by atoms with van der Waals surface area (Å²) in [6.07, 6.45) is 1.52. The van der Waals surface area contributed by atoms with Gasteiger partial charge < -0.3 is 24.6 Å². The molecule has 31 heavy (non-hydrogen) atoms. The van der Waals surface area contributed by atoms with Crippen molar-refractivity contribution < 1.29 is 33.7 Å². The summed E-state index contributed by atoms with van der Waals surface area (Å²) in [5.74, 6) is 0.251. The molecule has 2 aromatic rings. The Morgan fingerprint density at radius 2 is 2.03 bits per heavy atom. The zero-order chi connectivity index (χ0) is 22.0. The van der Waals surface area contributed by atoms with Crippen LogP contribution in [0.15, 0.2) is 41.3 Å². The minimum absolute atomic E-state index is 0.0210. The molecule has 2 heterocycles. The fraction of sp³-hybridized carbons (Fsp3) is 0.190. The van der Waals surface area contributed by atoms with Gasteiger partial charge in [0.25, 0.3) is 11.1 Å². The van der Waals surface area contributed by atoms with E-state index in [1.807, 2.05) is 0 Å². The molecule has 3 amide bonds. The Morgan fingerprint density at radius 3 is 2.84 bits per heavy atom. The van der Waals surface area contributed by atoms with Gasteiger partial charge in [-0.05, 0) is 54.6 Å². The van der Waals surface area contributed by atoms with E-state index in [0.717, 1.165) is 16.7 Å². The second kappa shape index (κ2) is 8.60. The van der Waals surface area contributed by atoms with Crippen LogP contribution in [0.1, 0.15) is 12.5 Å². The summed E-state index contributed by atoms with van der Waals surface area (Å²) in [5, 5.41) is 11.9. The van der Waals surface area contributed by atoms with Crippen molar-refractivity contribution in [1.29, 1.82) is 0 Å². The Labute approximate surface area is 181 Å². The number of thioether (sulfide) groups is 1. The Bertz CT molecular complexity index is 1100. The van der Waals surface area contributed by atoms with E-state index in [1.165, 1.54) is 12.1 Å². The van der Waals surface area contributed by atoms with Crippen molar-refractivity contribution in [2.45, 2.75) is 6.92 Å². The fourth-order valence-electron chi connectivity index (χ4n) is 3.00. The molecule has 0 aliphatic carbocycles. The van der Waals surface area contributed by atoms with Crippen molar-refractivity contribution in [3.05, 3.63) is 46.9 Å². The van der Waals surface area contributed by atoms with Gasteiger partial charge in [0.05, 0.1) is 11.5 Å². The molecule has 0 radical (unpaired) electrons. The van der Waals surface area contributed by atoms with E-state index in [0.29, 0.717) is 29.4 Å². The smallest absolute Gasteiger partial charge is 0.294 e. The van der Waals surface area contributed by atoms with Gasteiger partial charge in [0, 0.05) is 11.8 Å². The standard InChI is InChI=1S/C21H18N2O7S/c1-2-28-16-7-12(3-5-14(16)24)8-18-20(26)23(21(27)31-18)10-19(25)22-13-4-6-15-17(9-13)30-11-29-15/h3-9,24H,2,10-11H2,1H3,(H,22,25)/b18-8+. The summed E-state index contributed by atoms with van der Waals surface area (Å²) in [6, 6.07) is 9.51. The predicted molar refractivity (Wildman–Crippen MR) is 113 cm³/mol. The summed E-state index contributed by atoms with van der Waals surface area (Å²) in [5.41, 5.74) is 1.04. The number of phenolic OH excluding ortho intramolecular Hbond substituents is 1. The number of phenols is 1. The van der Waals surface area contributed by atoms with Crippen LogP contribution in [0, 0.1) is 0 Å². The van der Waals surface area contributed by atoms with Gasteiger partial charge in [0.15, 0.2) is 23.0 Å². The average molecular weight is 442 g/mol. The molecule has 4 rings (SSSR count). The van der Waals surface area contributed by atoms with Gasteiger partial charge in [-0.15, -0.1) is 0 Å². The number of aromatic hydroxyl groups is 1. The molecule has 2 aliphatic rings. The lowest BCUT2D eigenvalue weighted by molar-refractivity contribution is -0.127. The first-order valence-electron chi connectivity index (χ1n) is 9.35.